The number of ether oxygens (including phenoxy) is 2. The maximum atomic E-state index is 10.8. The van der Waals surface area contributed by atoms with E-state index in [9.17, 15) is 9.59 Å². The molecule has 0 aliphatic rings. The molecular weight excluding hydrogens is 474 g/mol. The Morgan fingerprint density at radius 1 is 1.00 bits per heavy atom. The van der Waals surface area contributed by atoms with Crippen molar-refractivity contribution in [2.45, 2.75) is 52.9 Å². The molecule has 3 rings (SSSR count). The maximum Gasteiger partial charge on any atom is 0.133 e. The highest BCUT2D eigenvalue weighted by atomic mass is 35.5. The van der Waals surface area contributed by atoms with Gasteiger partial charge in [-0.2, -0.15) is 0 Å². The van der Waals surface area contributed by atoms with Crippen molar-refractivity contribution in [3.8, 4) is 5.75 Å². The third kappa shape index (κ3) is 7.59. The predicted molar refractivity (Wildman–Crippen MR) is 149 cm³/mol. The lowest BCUT2D eigenvalue weighted by Crippen LogP contribution is -2.01. The highest BCUT2D eigenvalue weighted by Crippen LogP contribution is 2.34. The van der Waals surface area contributed by atoms with Crippen molar-refractivity contribution < 1.29 is 19.1 Å². The molecular formula is C30H36ClNO4. The first kappa shape index (κ1) is 28.9. The number of allylic oxidation sites excluding steroid dienone is 1. The normalized spacial score (nSPS) is 10.4. The number of rotatable bonds is 11. The van der Waals surface area contributed by atoms with E-state index < -0.39 is 0 Å². The largest absolute Gasteiger partial charge is 0.501 e. The molecule has 1 aromatic heterocycles. The minimum absolute atomic E-state index is 0.101. The fourth-order valence-corrected chi connectivity index (χ4v) is 4.05. The maximum absolute atomic E-state index is 10.8. The van der Waals surface area contributed by atoms with Crippen LogP contribution in [0.2, 0.25) is 5.02 Å². The number of carbonyl (C=O) groups excluding carboxylic acids is 2. The van der Waals surface area contributed by atoms with E-state index >= 15 is 0 Å². The van der Waals surface area contributed by atoms with E-state index in [1.54, 1.807) is 14.2 Å². The van der Waals surface area contributed by atoms with E-state index in [0.717, 1.165) is 45.6 Å². The second-order valence-corrected chi connectivity index (χ2v) is 9.08. The number of hydrogen-bond acceptors (Lipinski definition) is 4. The van der Waals surface area contributed by atoms with Gasteiger partial charge in [-0.15, -0.1) is 0 Å². The Morgan fingerprint density at radius 2 is 1.67 bits per heavy atom. The van der Waals surface area contributed by atoms with Crippen LogP contribution < -0.4 is 4.74 Å². The number of carbonyl (C=O) groups is 2. The number of fused-ring (bicyclic) bond motifs is 1. The summed E-state index contributed by atoms with van der Waals surface area (Å²) < 4.78 is 12.9. The van der Waals surface area contributed by atoms with Crippen LogP contribution in [0.5, 0.6) is 5.75 Å². The number of halogens is 1. The van der Waals surface area contributed by atoms with Gasteiger partial charge in [0.25, 0.3) is 0 Å². The molecule has 0 amide bonds. The van der Waals surface area contributed by atoms with Crippen molar-refractivity contribution in [3.05, 3.63) is 83.2 Å². The van der Waals surface area contributed by atoms with Crippen molar-refractivity contribution in [2.75, 3.05) is 14.2 Å². The second kappa shape index (κ2) is 13.7. The zero-order chi connectivity index (χ0) is 26.8. The molecule has 0 aliphatic carbocycles. The highest BCUT2D eigenvalue weighted by molar-refractivity contribution is 6.30. The molecule has 0 bridgehead atoms. The minimum Gasteiger partial charge on any atom is -0.501 e. The fourth-order valence-electron chi connectivity index (χ4n) is 3.92. The predicted octanol–water partition coefficient (Wildman–Crippen LogP) is 7.56. The van der Waals surface area contributed by atoms with Crippen LogP contribution in [0, 0.1) is 6.92 Å². The van der Waals surface area contributed by atoms with Crippen LogP contribution in [0.1, 0.15) is 56.4 Å². The molecule has 6 heteroatoms. The zero-order valence-electron chi connectivity index (χ0n) is 21.9. The monoisotopic (exact) mass is 509 g/mol. The van der Waals surface area contributed by atoms with Crippen LogP contribution in [-0.4, -0.2) is 30.4 Å². The van der Waals surface area contributed by atoms with E-state index in [-0.39, 0.29) is 11.6 Å². The van der Waals surface area contributed by atoms with Gasteiger partial charge in [0.05, 0.1) is 25.5 Å². The van der Waals surface area contributed by atoms with Gasteiger partial charge in [0.1, 0.15) is 17.3 Å². The van der Waals surface area contributed by atoms with Crippen LogP contribution in [0.25, 0.3) is 16.6 Å². The quantitative estimate of drug-likeness (QED) is 0.250. The van der Waals surface area contributed by atoms with Gasteiger partial charge in [0.2, 0.25) is 0 Å². The molecule has 0 unspecified atom stereocenters. The summed E-state index contributed by atoms with van der Waals surface area (Å²) in [6.07, 6.45) is 2.99. The molecule has 0 fully saturated rings. The zero-order valence-corrected chi connectivity index (χ0v) is 22.7. The summed E-state index contributed by atoms with van der Waals surface area (Å²) in [5.74, 6) is 1.84. The van der Waals surface area contributed by atoms with E-state index in [1.165, 1.54) is 6.92 Å². The van der Waals surface area contributed by atoms with Crippen LogP contribution in [0.3, 0.4) is 0 Å². The first-order chi connectivity index (χ1) is 17.1. The number of ketones is 2. The van der Waals surface area contributed by atoms with Gasteiger partial charge in [-0.1, -0.05) is 43.8 Å². The first-order valence-electron chi connectivity index (χ1n) is 12.0. The molecule has 0 aliphatic heterocycles. The standard InChI is InChI=1S/C22H22ClNO2.C8H14O2/c1-14(25-4)12-20-16(3)24(15(2)17-6-8-18(23)9-7-17)22-11-10-19(26-5)13-21(20)22;1-3-4-8(10)6-5-7(2)9/h6-11,13H,1-2,12H2,3-5H3;3-6H2,1-2H3. The Bertz CT molecular complexity index is 1240. The number of methoxy groups -OCH3 is 2. The number of Topliss-reactive ketones (excluding diaryl/α,β-unsaturated/α-hetero) is 2. The average Bonchev–Trinajstić information content (AvgIpc) is 3.13. The lowest BCUT2D eigenvalue weighted by molar-refractivity contribution is -0.123. The molecule has 36 heavy (non-hydrogen) atoms. The van der Waals surface area contributed by atoms with Gasteiger partial charge in [0.15, 0.2) is 0 Å². The fraction of sp³-hybridized carbons (Fsp3) is 0.333. The summed E-state index contributed by atoms with van der Waals surface area (Å²) in [7, 11) is 3.31. The van der Waals surface area contributed by atoms with Gasteiger partial charge >= 0.3 is 0 Å². The van der Waals surface area contributed by atoms with Crippen LogP contribution in [0.4, 0.5) is 0 Å². The summed E-state index contributed by atoms with van der Waals surface area (Å²) in [5, 5.41) is 1.81. The molecule has 1 heterocycles. The molecule has 0 saturated carbocycles. The topological polar surface area (TPSA) is 57.5 Å². The minimum atomic E-state index is 0.101. The van der Waals surface area contributed by atoms with E-state index in [2.05, 4.69) is 30.7 Å². The van der Waals surface area contributed by atoms with E-state index in [0.29, 0.717) is 36.5 Å². The SMILES string of the molecule is C=C(Cc1c(C)n(C(=C)c2ccc(Cl)cc2)c2ccc(OC)cc12)OC.CCCC(=O)CCC(C)=O. The molecule has 0 saturated heterocycles. The van der Waals surface area contributed by atoms with Gasteiger partial charge in [-0.3, -0.25) is 4.79 Å². The van der Waals surface area contributed by atoms with Crippen molar-refractivity contribution in [1.82, 2.24) is 4.57 Å². The van der Waals surface area contributed by atoms with Crippen molar-refractivity contribution >= 4 is 39.8 Å². The van der Waals surface area contributed by atoms with E-state index in [4.69, 9.17) is 21.1 Å². The molecule has 0 spiro atoms. The van der Waals surface area contributed by atoms with Crippen LogP contribution in [-0.2, 0) is 20.7 Å². The molecule has 0 N–H and O–H groups in total. The Labute approximate surface area is 219 Å². The second-order valence-electron chi connectivity index (χ2n) is 8.65. The van der Waals surface area contributed by atoms with Crippen LogP contribution in [0.15, 0.2) is 61.4 Å². The molecule has 192 valence electrons. The Morgan fingerprint density at radius 3 is 2.22 bits per heavy atom. The summed E-state index contributed by atoms with van der Waals surface area (Å²) in [6.45, 7) is 13.9. The third-order valence-electron chi connectivity index (χ3n) is 5.94. The Balaban J connectivity index is 0.000000388. The summed E-state index contributed by atoms with van der Waals surface area (Å²) in [5.41, 5.74) is 5.24. The Hall–Kier alpha value is -3.31. The summed E-state index contributed by atoms with van der Waals surface area (Å²) in [6, 6.07) is 13.8. The van der Waals surface area contributed by atoms with Gasteiger partial charge in [-0.05, 0) is 61.7 Å². The smallest absolute Gasteiger partial charge is 0.133 e. The lowest BCUT2D eigenvalue weighted by Gasteiger charge is -2.13. The average molecular weight is 510 g/mol. The molecule has 0 atom stereocenters. The first-order valence-corrected chi connectivity index (χ1v) is 12.4. The number of aromatic nitrogens is 1. The summed E-state index contributed by atoms with van der Waals surface area (Å²) in [4.78, 5) is 21.2. The highest BCUT2D eigenvalue weighted by Gasteiger charge is 2.18. The van der Waals surface area contributed by atoms with Crippen molar-refractivity contribution in [3.63, 3.8) is 0 Å². The third-order valence-corrected chi connectivity index (χ3v) is 6.19. The summed E-state index contributed by atoms with van der Waals surface area (Å²) >= 11 is 6.03. The van der Waals surface area contributed by atoms with E-state index in [1.807, 2.05) is 43.3 Å². The lowest BCUT2D eigenvalue weighted by atomic mass is 10.1. The van der Waals surface area contributed by atoms with Gasteiger partial charge in [-0.25, -0.2) is 0 Å². The van der Waals surface area contributed by atoms with Crippen molar-refractivity contribution in [1.29, 1.82) is 0 Å². The molecule has 3 aromatic rings. The molecule has 0 radical (unpaired) electrons. The molecule has 5 nitrogen and oxygen atoms in total. The number of hydrogen-bond donors (Lipinski definition) is 0. The number of benzene rings is 2. The van der Waals surface area contributed by atoms with Crippen molar-refractivity contribution in [2.24, 2.45) is 0 Å². The van der Waals surface area contributed by atoms with Gasteiger partial charge in [0, 0.05) is 47.5 Å². The molecule has 2 aromatic carbocycles. The number of nitrogens with zero attached hydrogens (tertiary/aromatic N) is 1. The Kier molecular flexibility index (Phi) is 11.0. The van der Waals surface area contributed by atoms with Crippen LogP contribution >= 0.6 is 11.6 Å². The van der Waals surface area contributed by atoms with Gasteiger partial charge < -0.3 is 18.8 Å².